The molecule has 0 aromatic heterocycles. The normalized spacial score (nSPS) is 15.5. The summed E-state index contributed by atoms with van der Waals surface area (Å²) in [5, 5.41) is 0. The summed E-state index contributed by atoms with van der Waals surface area (Å²) in [6, 6.07) is 8.32. The summed E-state index contributed by atoms with van der Waals surface area (Å²) in [6.45, 7) is 13.4. The lowest BCUT2D eigenvalue weighted by atomic mass is 9.98. The Labute approximate surface area is 126 Å². The van der Waals surface area contributed by atoms with E-state index in [1.807, 2.05) is 27.7 Å². The maximum absolute atomic E-state index is 5.82. The number of ether oxygens (including phenoxy) is 1. The molecule has 0 bridgehead atoms. The summed E-state index contributed by atoms with van der Waals surface area (Å²) in [5.74, 6) is 1.74. The van der Waals surface area contributed by atoms with E-state index in [1.54, 1.807) is 0 Å². The van der Waals surface area contributed by atoms with Crippen molar-refractivity contribution in [3.05, 3.63) is 29.8 Å². The van der Waals surface area contributed by atoms with Gasteiger partial charge in [0.15, 0.2) is 0 Å². The third-order valence-electron chi connectivity index (χ3n) is 3.34. The van der Waals surface area contributed by atoms with Crippen LogP contribution in [0.1, 0.15) is 46.1 Å². The van der Waals surface area contributed by atoms with E-state index in [4.69, 9.17) is 4.74 Å². The summed E-state index contributed by atoms with van der Waals surface area (Å²) in [4.78, 5) is 2.39. The number of likely N-dealkylation sites (tertiary alicyclic amines) is 1. The quantitative estimate of drug-likeness (QED) is 0.790. The van der Waals surface area contributed by atoms with Crippen molar-refractivity contribution in [2.24, 2.45) is 5.92 Å². The first-order chi connectivity index (χ1) is 9.74. The van der Waals surface area contributed by atoms with Crippen LogP contribution in [-0.2, 0) is 0 Å². The number of nitrogens with zero attached hydrogens (tertiary/aromatic N) is 1. The minimum Gasteiger partial charge on any atom is -0.493 e. The Kier molecular flexibility index (Phi) is 11.2. The van der Waals surface area contributed by atoms with E-state index in [1.165, 1.54) is 31.5 Å². The molecule has 0 aliphatic carbocycles. The molecule has 1 fully saturated rings. The molecule has 1 aliphatic rings. The van der Waals surface area contributed by atoms with Crippen LogP contribution < -0.4 is 4.74 Å². The Morgan fingerprint density at radius 1 is 1.00 bits per heavy atom. The highest BCUT2D eigenvalue weighted by Gasteiger charge is 2.16. The Bertz CT molecular complexity index is 313. The maximum atomic E-state index is 5.82. The number of piperidine rings is 1. The predicted molar refractivity (Wildman–Crippen MR) is 89.6 cm³/mol. The van der Waals surface area contributed by atoms with Crippen LogP contribution in [0.15, 0.2) is 24.3 Å². The van der Waals surface area contributed by atoms with E-state index < -0.39 is 0 Å². The molecule has 1 aromatic carbocycles. The zero-order valence-electron chi connectivity index (χ0n) is 14.3. The van der Waals surface area contributed by atoms with Crippen molar-refractivity contribution in [1.82, 2.24) is 4.90 Å². The fourth-order valence-electron chi connectivity index (χ4n) is 2.08. The number of benzene rings is 1. The summed E-state index contributed by atoms with van der Waals surface area (Å²) >= 11 is 0. The monoisotopic (exact) mass is 279 g/mol. The highest BCUT2D eigenvalue weighted by atomic mass is 16.5. The Morgan fingerprint density at radius 2 is 1.50 bits per heavy atom. The first-order valence-corrected chi connectivity index (χ1v) is 8.12. The topological polar surface area (TPSA) is 12.5 Å². The van der Waals surface area contributed by atoms with Crippen LogP contribution in [0, 0.1) is 12.8 Å². The number of hydrogen-bond acceptors (Lipinski definition) is 2. The molecule has 1 saturated heterocycles. The van der Waals surface area contributed by atoms with E-state index in [2.05, 4.69) is 43.1 Å². The van der Waals surface area contributed by atoms with Gasteiger partial charge in [-0.15, -0.1) is 0 Å². The molecule has 0 atom stereocenters. The van der Waals surface area contributed by atoms with Crippen molar-refractivity contribution >= 4 is 0 Å². The number of hydrogen-bond donors (Lipinski definition) is 0. The summed E-state index contributed by atoms with van der Waals surface area (Å²) in [5.41, 5.74) is 1.28. The molecule has 0 saturated carbocycles. The summed E-state index contributed by atoms with van der Waals surface area (Å²) < 4.78 is 5.82. The number of aryl methyl sites for hydroxylation is 1. The lowest BCUT2D eigenvalue weighted by molar-refractivity contribution is 0.160. The molecule has 20 heavy (non-hydrogen) atoms. The summed E-state index contributed by atoms with van der Waals surface area (Å²) in [7, 11) is 2.19. The van der Waals surface area contributed by atoms with Crippen molar-refractivity contribution in [2.75, 3.05) is 26.7 Å². The van der Waals surface area contributed by atoms with E-state index in [9.17, 15) is 0 Å². The average Bonchev–Trinajstić information content (AvgIpc) is 2.52. The van der Waals surface area contributed by atoms with Crippen LogP contribution in [0.3, 0.4) is 0 Å². The second kappa shape index (κ2) is 11.8. The molecule has 1 aliphatic heterocycles. The molecule has 0 amide bonds. The molecule has 0 N–H and O–H groups in total. The zero-order chi connectivity index (χ0) is 15.4. The summed E-state index contributed by atoms with van der Waals surface area (Å²) in [6.07, 6.45) is 2.53. The van der Waals surface area contributed by atoms with Crippen molar-refractivity contribution in [3.63, 3.8) is 0 Å². The minimum absolute atomic E-state index is 0.734. The van der Waals surface area contributed by atoms with Crippen LogP contribution in [0.2, 0.25) is 0 Å². The van der Waals surface area contributed by atoms with Crippen molar-refractivity contribution < 1.29 is 4.74 Å². The first-order valence-electron chi connectivity index (χ1n) is 8.12. The maximum Gasteiger partial charge on any atom is 0.119 e. The van der Waals surface area contributed by atoms with Gasteiger partial charge in [0.2, 0.25) is 0 Å². The van der Waals surface area contributed by atoms with Crippen LogP contribution in [0.4, 0.5) is 0 Å². The van der Waals surface area contributed by atoms with Gasteiger partial charge in [0.25, 0.3) is 0 Å². The molecule has 0 spiro atoms. The average molecular weight is 279 g/mol. The van der Waals surface area contributed by atoms with Crippen LogP contribution in [-0.4, -0.2) is 31.6 Å². The van der Waals surface area contributed by atoms with Gasteiger partial charge >= 0.3 is 0 Å². The third kappa shape index (κ3) is 7.54. The Hall–Kier alpha value is -1.02. The highest BCUT2D eigenvalue weighted by molar-refractivity contribution is 5.26. The largest absolute Gasteiger partial charge is 0.493 e. The zero-order valence-corrected chi connectivity index (χ0v) is 14.3. The van der Waals surface area contributed by atoms with E-state index in [0.29, 0.717) is 0 Å². The lowest BCUT2D eigenvalue weighted by Gasteiger charge is -2.28. The molecule has 0 unspecified atom stereocenters. The van der Waals surface area contributed by atoms with Gasteiger partial charge in [-0.2, -0.15) is 0 Å². The standard InChI is InChI=1S/C14H21NO.2C2H6/c1-12-3-5-14(6-4-12)16-11-13-7-9-15(2)10-8-13;2*1-2/h3-6,13H,7-11H2,1-2H3;2*1-2H3. The fraction of sp³-hybridized carbons (Fsp3) is 0.667. The molecule has 2 nitrogen and oxygen atoms in total. The van der Waals surface area contributed by atoms with Gasteiger partial charge in [-0.3, -0.25) is 0 Å². The van der Waals surface area contributed by atoms with Crippen molar-refractivity contribution in [2.45, 2.75) is 47.5 Å². The SMILES string of the molecule is CC.CC.Cc1ccc(OCC2CCN(C)CC2)cc1. The Morgan fingerprint density at radius 3 is 2.00 bits per heavy atom. The molecule has 2 rings (SSSR count). The molecule has 116 valence electrons. The Balaban J connectivity index is 0.000000829. The molecule has 2 heteroatoms. The van der Waals surface area contributed by atoms with Gasteiger partial charge in [0.1, 0.15) is 5.75 Å². The molecule has 1 heterocycles. The van der Waals surface area contributed by atoms with Gasteiger partial charge in [-0.05, 0) is 58.0 Å². The molecular formula is C18H33NO. The fourth-order valence-corrected chi connectivity index (χ4v) is 2.08. The van der Waals surface area contributed by atoms with Crippen LogP contribution in [0.25, 0.3) is 0 Å². The lowest BCUT2D eigenvalue weighted by Crippen LogP contribution is -2.32. The van der Waals surface area contributed by atoms with Gasteiger partial charge in [-0.1, -0.05) is 45.4 Å². The molecular weight excluding hydrogens is 246 g/mol. The second-order valence-electron chi connectivity index (χ2n) is 4.87. The van der Waals surface area contributed by atoms with Crippen molar-refractivity contribution in [1.29, 1.82) is 0 Å². The van der Waals surface area contributed by atoms with Gasteiger partial charge in [0.05, 0.1) is 6.61 Å². The van der Waals surface area contributed by atoms with Crippen LogP contribution >= 0.6 is 0 Å². The van der Waals surface area contributed by atoms with E-state index in [-0.39, 0.29) is 0 Å². The first kappa shape index (κ1) is 19.0. The van der Waals surface area contributed by atoms with Crippen LogP contribution in [0.5, 0.6) is 5.75 Å². The van der Waals surface area contributed by atoms with E-state index >= 15 is 0 Å². The molecule has 1 aromatic rings. The van der Waals surface area contributed by atoms with Gasteiger partial charge < -0.3 is 9.64 Å². The number of rotatable bonds is 3. The van der Waals surface area contributed by atoms with Crippen molar-refractivity contribution in [3.8, 4) is 5.75 Å². The van der Waals surface area contributed by atoms with E-state index in [0.717, 1.165) is 18.3 Å². The second-order valence-corrected chi connectivity index (χ2v) is 4.87. The predicted octanol–water partition coefficient (Wildman–Crippen LogP) is 4.77. The molecule has 0 radical (unpaired) electrons. The van der Waals surface area contributed by atoms with Gasteiger partial charge in [0, 0.05) is 0 Å². The highest BCUT2D eigenvalue weighted by Crippen LogP contribution is 2.18. The van der Waals surface area contributed by atoms with Gasteiger partial charge in [-0.25, -0.2) is 0 Å². The third-order valence-corrected chi connectivity index (χ3v) is 3.34. The minimum atomic E-state index is 0.734. The smallest absolute Gasteiger partial charge is 0.119 e.